The van der Waals surface area contributed by atoms with Crippen molar-refractivity contribution >= 4 is 45.9 Å². The molecule has 1 heterocycles. The molecule has 0 saturated heterocycles. The van der Waals surface area contributed by atoms with Crippen LogP contribution in [0.4, 0.5) is 5.13 Å². The van der Waals surface area contributed by atoms with Crippen LogP contribution in [0.3, 0.4) is 0 Å². The lowest BCUT2D eigenvalue weighted by molar-refractivity contribution is 0.284. The van der Waals surface area contributed by atoms with Gasteiger partial charge in [-0.15, -0.1) is 11.3 Å². The van der Waals surface area contributed by atoms with Gasteiger partial charge in [-0.05, 0) is 12.1 Å². The van der Waals surface area contributed by atoms with Crippen LogP contribution in [0, 0.1) is 0 Å². The number of aromatic nitrogens is 1. The van der Waals surface area contributed by atoms with Crippen LogP contribution in [0.1, 0.15) is 11.1 Å². The smallest absolute Gasteiger partial charge is 0.203 e. The van der Waals surface area contributed by atoms with E-state index in [2.05, 4.69) is 15.5 Å². The van der Waals surface area contributed by atoms with Crippen LogP contribution in [0.2, 0.25) is 10.0 Å². The quantitative estimate of drug-likeness (QED) is 0.213. The summed E-state index contributed by atoms with van der Waals surface area (Å²) in [6.45, 7) is 0.301. The lowest BCUT2D eigenvalue weighted by Crippen LogP contribution is -2.00. The van der Waals surface area contributed by atoms with Gasteiger partial charge >= 0.3 is 0 Å². The number of halogens is 2. The molecule has 0 aliphatic carbocycles. The average Bonchev–Trinajstić information content (AvgIpc) is 3.29. The summed E-state index contributed by atoms with van der Waals surface area (Å²) in [6, 6.07) is 21.0. The Morgan fingerprint density at radius 3 is 2.56 bits per heavy atom. The van der Waals surface area contributed by atoms with Crippen molar-refractivity contribution in [1.29, 1.82) is 0 Å². The van der Waals surface area contributed by atoms with Crippen molar-refractivity contribution in [1.82, 2.24) is 4.98 Å². The summed E-state index contributed by atoms with van der Waals surface area (Å²) in [4.78, 5) is 4.55. The number of hydrogen-bond donors (Lipinski definition) is 1. The predicted molar refractivity (Wildman–Crippen MR) is 133 cm³/mol. The molecule has 0 bridgehead atoms. The van der Waals surface area contributed by atoms with Crippen LogP contribution < -0.4 is 14.9 Å². The van der Waals surface area contributed by atoms with Crippen LogP contribution in [0.5, 0.6) is 11.5 Å². The molecule has 0 atom stereocenters. The highest BCUT2D eigenvalue weighted by atomic mass is 35.5. The molecule has 1 aromatic heterocycles. The highest BCUT2D eigenvalue weighted by molar-refractivity contribution is 7.14. The van der Waals surface area contributed by atoms with Gasteiger partial charge in [0.05, 0.1) is 24.0 Å². The topological polar surface area (TPSA) is 55.7 Å². The zero-order valence-corrected chi connectivity index (χ0v) is 19.4. The van der Waals surface area contributed by atoms with Crippen LogP contribution in [0.25, 0.3) is 11.3 Å². The molecule has 5 nitrogen and oxygen atoms in total. The minimum absolute atomic E-state index is 0.301. The average molecular weight is 484 g/mol. The zero-order chi connectivity index (χ0) is 22.3. The Morgan fingerprint density at radius 2 is 1.78 bits per heavy atom. The fraction of sp³-hybridized carbons (Fsp3) is 0.0833. The summed E-state index contributed by atoms with van der Waals surface area (Å²) < 4.78 is 11.4. The third-order valence-corrected chi connectivity index (χ3v) is 6.00. The Bertz CT molecular complexity index is 1230. The molecular weight excluding hydrogens is 465 g/mol. The van der Waals surface area contributed by atoms with E-state index < -0.39 is 0 Å². The number of benzene rings is 3. The number of rotatable bonds is 8. The molecule has 1 N–H and O–H groups in total. The fourth-order valence-corrected chi connectivity index (χ4v) is 3.98. The first-order chi connectivity index (χ1) is 15.6. The zero-order valence-electron chi connectivity index (χ0n) is 17.1. The molecule has 32 heavy (non-hydrogen) atoms. The van der Waals surface area contributed by atoms with Crippen LogP contribution >= 0.6 is 34.5 Å². The molecule has 3 aromatic carbocycles. The maximum absolute atomic E-state index is 6.44. The number of nitrogens with zero attached hydrogens (tertiary/aromatic N) is 2. The molecule has 162 valence electrons. The van der Waals surface area contributed by atoms with E-state index in [1.165, 1.54) is 11.3 Å². The SMILES string of the molecule is COc1cc(C=NNc2nc(-c3ccccc3)cs2)c(Cl)cc1OCc1ccccc1Cl. The van der Waals surface area contributed by atoms with E-state index in [4.69, 9.17) is 32.7 Å². The predicted octanol–water partition coefficient (Wildman–Crippen LogP) is 7.15. The summed E-state index contributed by atoms with van der Waals surface area (Å²) in [6.07, 6.45) is 1.62. The van der Waals surface area contributed by atoms with Crippen LogP contribution in [-0.4, -0.2) is 18.3 Å². The van der Waals surface area contributed by atoms with Crippen molar-refractivity contribution in [2.24, 2.45) is 5.10 Å². The number of hydrogen-bond acceptors (Lipinski definition) is 6. The number of anilines is 1. The lowest BCUT2D eigenvalue weighted by atomic mass is 10.2. The highest BCUT2D eigenvalue weighted by Crippen LogP contribution is 2.34. The van der Waals surface area contributed by atoms with Gasteiger partial charge in [0.2, 0.25) is 5.13 Å². The summed E-state index contributed by atoms with van der Waals surface area (Å²) in [5.74, 6) is 1.07. The molecular formula is C24H19Cl2N3O2S. The van der Waals surface area contributed by atoms with Crippen molar-refractivity contribution in [3.05, 3.63) is 93.3 Å². The van der Waals surface area contributed by atoms with Gasteiger partial charge in [-0.25, -0.2) is 4.98 Å². The number of ether oxygens (including phenoxy) is 2. The normalized spacial score (nSPS) is 11.0. The van der Waals surface area contributed by atoms with Crippen LogP contribution in [0.15, 0.2) is 77.2 Å². The fourth-order valence-electron chi connectivity index (χ4n) is 2.92. The molecule has 0 spiro atoms. The van der Waals surface area contributed by atoms with E-state index in [9.17, 15) is 0 Å². The van der Waals surface area contributed by atoms with Gasteiger partial charge in [0.25, 0.3) is 0 Å². The first-order valence-corrected chi connectivity index (χ1v) is 11.3. The van der Waals surface area contributed by atoms with Crippen molar-refractivity contribution in [3.8, 4) is 22.8 Å². The molecule has 0 amide bonds. The second-order valence-corrected chi connectivity index (χ2v) is 8.35. The minimum atomic E-state index is 0.301. The van der Waals surface area contributed by atoms with E-state index in [-0.39, 0.29) is 0 Å². The van der Waals surface area contributed by atoms with Crippen molar-refractivity contribution in [3.63, 3.8) is 0 Å². The van der Waals surface area contributed by atoms with Gasteiger partial charge in [0.1, 0.15) is 6.61 Å². The Morgan fingerprint density at radius 1 is 1.00 bits per heavy atom. The summed E-state index contributed by atoms with van der Waals surface area (Å²) in [5.41, 5.74) is 6.46. The Hall–Kier alpha value is -3.06. The standard InChI is InChI=1S/C24H19Cl2N3O2S/c1-30-22-11-18(20(26)12-23(22)31-14-17-9-5-6-10-19(17)25)13-27-29-24-28-21(15-32-24)16-7-3-2-4-8-16/h2-13,15H,14H2,1H3,(H,28,29). The lowest BCUT2D eigenvalue weighted by Gasteiger charge is -2.13. The van der Waals surface area contributed by atoms with Gasteiger partial charge in [-0.1, -0.05) is 71.7 Å². The summed E-state index contributed by atoms with van der Waals surface area (Å²) >= 11 is 14.1. The molecule has 0 aliphatic heterocycles. The van der Waals surface area contributed by atoms with Crippen LogP contribution in [-0.2, 0) is 6.61 Å². The molecule has 0 aliphatic rings. The largest absolute Gasteiger partial charge is 0.493 e. The monoisotopic (exact) mass is 483 g/mol. The third kappa shape index (κ3) is 5.40. The molecule has 8 heteroatoms. The van der Waals surface area contributed by atoms with E-state index in [0.717, 1.165) is 16.8 Å². The second kappa shape index (κ2) is 10.5. The Kier molecular flexibility index (Phi) is 7.27. The molecule has 0 unspecified atom stereocenters. The Balaban J connectivity index is 1.44. The molecule has 0 radical (unpaired) electrons. The van der Waals surface area contributed by atoms with Gasteiger partial charge in [-0.3, -0.25) is 5.43 Å². The number of thiazole rings is 1. The number of hydrazone groups is 1. The van der Waals surface area contributed by atoms with Gasteiger partial charge in [-0.2, -0.15) is 5.10 Å². The molecule has 4 aromatic rings. The van der Waals surface area contributed by atoms with Gasteiger partial charge in [0.15, 0.2) is 11.5 Å². The summed E-state index contributed by atoms with van der Waals surface area (Å²) in [5, 5.41) is 8.05. The molecule has 0 fully saturated rings. The van der Waals surface area contributed by atoms with Crippen molar-refractivity contribution in [2.75, 3.05) is 12.5 Å². The number of nitrogens with one attached hydrogen (secondary N) is 1. The van der Waals surface area contributed by atoms with Gasteiger partial charge < -0.3 is 9.47 Å². The highest BCUT2D eigenvalue weighted by Gasteiger charge is 2.11. The molecule has 4 rings (SSSR count). The van der Waals surface area contributed by atoms with E-state index in [0.29, 0.717) is 38.8 Å². The van der Waals surface area contributed by atoms with Gasteiger partial charge in [0, 0.05) is 33.2 Å². The van der Waals surface area contributed by atoms with E-state index >= 15 is 0 Å². The molecule has 0 saturated carbocycles. The van der Waals surface area contributed by atoms with Crippen molar-refractivity contribution in [2.45, 2.75) is 6.61 Å². The first-order valence-electron chi connectivity index (χ1n) is 9.68. The van der Waals surface area contributed by atoms with E-state index in [1.807, 2.05) is 60.0 Å². The Labute approximate surface area is 200 Å². The summed E-state index contributed by atoms with van der Waals surface area (Å²) in [7, 11) is 1.57. The van der Waals surface area contributed by atoms with Crippen molar-refractivity contribution < 1.29 is 9.47 Å². The van der Waals surface area contributed by atoms with E-state index in [1.54, 1.807) is 25.5 Å². The number of methoxy groups -OCH3 is 1. The first kappa shape index (κ1) is 22.1. The maximum atomic E-state index is 6.44. The minimum Gasteiger partial charge on any atom is -0.493 e. The second-order valence-electron chi connectivity index (χ2n) is 6.68. The maximum Gasteiger partial charge on any atom is 0.203 e. The third-order valence-electron chi connectivity index (χ3n) is 4.56.